The predicted molar refractivity (Wildman–Crippen MR) is 86.4 cm³/mol. The summed E-state index contributed by atoms with van der Waals surface area (Å²) < 4.78 is 1.13. The van der Waals surface area contributed by atoms with Crippen LogP contribution < -0.4 is 11.3 Å². The molecule has 2 unspecified atom stereocenters. The van der Waals surface area contributed by atoms with Crippen LogP contribution in [-0.4, -0.2) is 0 Å². The Bertz CT molecular complexity index is 624. The van der Waals surface area contributed by atoms with Crippen molar-refractivity contribution in [1.82, 2.24) is 5.43 Å². The molecule has 0 aromatic heterocycles. The van der Waals surface area contributed by atoms with Crippen LogP contribution in [0.2, 0.25) is 0 Å². The van der Waals surface area contributed by atoms with Crippen LogP contribution in [0.25, 0.3) is 0 Å². The molecule has 0 bridgehead atoms. The number of benzene rings is 2. The Kier molecular flexibility index (Phi) is 3.92. The molecule has 0 aliphatic heterocycles. The van der Waals surface area contributed by atoms with Crippen molar-refractivity contribution >= 4 is 15.9 Å². The van der Waals surface area contributed by atoms with E-state index in [1.807, 2.05) is 0 Å². The van der Waals surface area contributed by atoms with Gasteiger partial charge in [-0.15, -0.1) is 0 Å². The zero-order valence-corrected chi connectivity index (χ0v) is 13.2. The first-order valence-corrected chi connectivity index (χ1v) is 7.78. The van der Waals surface area contributed by atoms with Crippen LogP contribution in [0.15, 0.2) is 46.9 Å². The van der Waals surface area contributed by atoms with Gasteiger partial charge in [0.15, 0.2) is 0 Å². The first-order chi connectivity index (χ1) is 9.69. The summed E-state index contributed by atoms with van der Waals surface area (Å²) in [6.07, 6.45) is 2.20. The Morgan fingerprint density at radius 1 is 1.30 bits per heavy atom. The maximum absolute atomic E-state index is 5.79. The van der Waals surface area contributed by atoms with Gasteiger partial charge < -0.3 is 0 Å². The van der Waals surface area contributed by atoms with Crippen molar-refractivity contribution in [3.05, 3.63) is 69.2 Å². The molecule has 20 heavy (non-hydrogen) atoms. The average molecular weight is 331 g/mol. The minimum atomic E-state index is 0.184. The van der Waals surface area contributed by atoms with Gasteiger partial charge in [0, 0.05) is 10.5 Å². The van der Waals surface area contributed by atoms with Gasteiger partial charge in [-0.25, -0.2) is 0 Å². The highest BCUT2D eigenvalue weighted by atomic mass is 79.9. The third kappa shape index (κ3) is 2.53. The van der Waals surface area contributed by atoms with Crippen molar-refractivity contribution in [3.8, 4) is 0 Å². The van der Waals surface area contributed by atoms with Gasteiger partial charge >= 0.3 is 0 Å². The predicted octanol–water partition coefficient (Wildman–Crippen LogP) is 3.99. The van der Waals surface area contributed by atoms with Gasteiger partial charge in [-0.1, -0.05) is 52.3 Å². The first kappa shape index (κ1) is 13.8. The number of aryl methyl sites for hydroxylation is 1. The lowest BCUT2D eigenvalue weighted by atomic mass is 9.74. The number of fused-ring (bicyclic) bond motifs is 1. The fraction of sp³-hybridized carbons (Fsp3) is 0.294. The summed E-state index contributed by atoms with van der Waals surface area (Å²) in [7, 11) is 0. The van der Waals surface area contributed by atoms with Gasteiger partial charge in [0.25, 0.3) is 0 Å². The summed E-state index contributed by atoms with van der Waals surface area (Å²) in [5.74, 6) is 6.40. The number of hydrogen-bond acceptors (Lipinski definition) is 2. The molecule has 0 saturated heterocycles. The van der Waals surface area contributed by atoms with Gasteiger partial charge in [-0.3, -0.25) is 11.3 Å². The highest BCUT2D eigenvalue weighted by Crippen LogP contribution is 2.41. The third-order valence-electron chi connectivity index (χ3n) is 4.21. The van der Waals surface area contributed by atoms with E-state index in [0.717, 1.165) is 17.3 Å². The summed E-state index contributed by atoms with van der Waals surface area (Å²) in [6.45, 7) is 2.10. The fourth-order valence-corrected chi connectivity index (χ4v) is 3.83. The summed E-state index contributed by atoms with van der Waals surface area (Å²) in [5.41, 5.74) is 8.44. The Hall–Kier alpha value is -1.16. The quantitative estimate of drug-likeness (QED) is 0.657. The smallest absolute Gasteiger partial charge is 0.0477 e. The lowest BCUT2D eigenvalue weighted by molar-refractivity contribution is 0.434. The van der Waals surface area contributed by atoms with E-state index in [9.17, 15) is 0 Å². The van der Waals surface area contributed by atoms with Crippen LogP contribution in [0.1, 0.15) is 40.6 Å². The van der Waals surface area contributed by atoms with E-state index in [1.165, 1.54) is 22.3 Å². The van der Waals surface area contributed by atoms with Crippen LogP contribution in [0, 0.1) is 6.92 Å². The van der Waals surface area contributed by atoms with Crippen molar-refractivity contribution in [1.29, 1.82) is 0 Å². The second kappa shape index (κ2) is 5.68. The topological polar surface area (TPSA) is 38.0 Å². The second-order valence-corrected chi connectivity index (χ2v) is 6.43. The largest absolute Gasteiger partial charge is 0.271 e. The average Bonchev–Trinajstić information content (AvgIpc) is 2.41. The van der Waals surface area contributed by atoms with E-state index in [2.05, 4.69) is 70.7 Å². The molecule has 1 aliphatic rings. The molecular formula is C17H19BrN2. The van der Waals surface area contributed by atoms with E-state index in [-0.39, 0.29) is 6.04 Å². The molecule has 2 nitrogen and oxygen atoms in total. The SMILES string of the molecule is Cc1ccc(C(CC2Cc3ccccc32)NN)c(Br)c1. The van der Waals surface area contributed by atoms with E-state index >= 15 is 0 Å². The van der Waals surface area contributed by atoms with Crippen molar-refractivity contribution in [3.63, 3.8) is 0 Å². The van der Waals surface area contributed by atoms with Crippen LogP contribution in [-0.2, 0) is 6.42 Å². The molecule has 3 N–H and O–H groups in total. The molecule has 2 atom stereocenters. The minimum absolute atomic E-state index is 0.184. The summed E-state index contributed by atoms with van der Waals surface area (Å²) in [6, 6.07) is 15.3. The Labute approximate surface area is 128 Å². The molecule has 2 aromatic rings. The van der Waals surface area contributed by atoms with Crippen LogP contribution in [0.4, 0.5) is 0 Å². The van der Waals surface area contributed by atoms with Crippen molar-refractivity contribution in [2.45, 2.75) is 31.7 Å². The van der Waals surface area contributed by atoms with E-state index in [0.29, 0.717) is 5.92 Å². The van der Waals surface area contributed by atoms with Crippen LogP contribution in [0.3, 0.4) is 0 Å². The van der Waals surface area contributed by atoms with Gasteiger partial charge in [0.2, 0.25) is 0 Å². The van der Waals surface area contributed by atoms with E-state index in [4.69, 9.17) is 5.84 Å². The lowest BCUT2D eigenvalue weighted by Crippen LogP contribution is -2.31. The normalized spacial score (nSPS) is 18.2. The molecule has 3 heteroatoms. The number of nitrogens with one attached hydrogen (secondary N) is 1. The molecule has 0 spiro atoms. The van der Waals surface area contributed by atoms with Crippen molar-refractivity contribution in [2.75, 3.05) is 0 Å². The van der Waals surface area contributed by atoms with Crippen LogP contribution >= 0.6 is 15.9 Å². The van der Waals surface area contributed by atoms with Gasteiger partial charge in [0.05, 0.1) is 0 Å². The molecule has 0 heterocycles. The number of halogens is 1. The van der Waals surface area contributed by atoms with Crippen molar-refractivity contribution < 1.29 is 0 Å². The van der Waals surface area contributed by atoms with Gasteiger partial charge in [0.1, 0.15) is 0 Å². The highest BCUT2D eigenvalue weighted by Gasteiger charge is 2.28. The lowest BCUT2D eigenvalue weighted by Gasteiger charge is -2.33. The van der Waals surface area contributed by atoms with E-state index in [1.54, 1.807) is 0 Å². The zero-order chi connectivity index (χ0) is 14.1. The van der Waals surface area contributed by atoms with Crippen LogP contribution in [0.5, 0.6) is 0 Å². The number of rotatable bonds is 4. The molecule has 1 aliphatic carbocycles. The second-order valence-electron chi connectivity index (χ2n) is 5.58. The Balaban J connectivity index is 1.79. The molecule has 2 aromatic carbocycles. The Morgan fingerprint density at radius 2 is 2.10 bits per heavy atom. The summed E-state index contributed by atoms with van der Waals surface area (Å²) in [5, 5.41) is 0. The molecule has 104 valence electrons. The number of hydrazine groups is 1. The molecule has 0 saturated carbocycles. The fourth-order valence-electron chi connectivity index (χ4n) is 3.06. The molecule has 0 radical (unpaired) electrons. The number of nitrogens with two attached hydrogens (primary N) is 1. The number of hydrogen-bond donors (Lipinski definition) is 2. The van der Waals surface area contributed by atoms with Crippen molar-refractivity contribution in [2.24, 2.45) is 5.84 Å². The first-order valence-electron chi connectivity index (χ1n) is 6.99. The molecule has 0 amide bonds. The standard InChI is InChI=1S/C17H19BrN2/c1-11-6-7-15(16(18)8-11)17(20-19)10-13-9-12-4-2-3-5-14(12)13/h2-8,13,17,20H,9-10,19H2,1H3. The zero-order valence-electron chi connectivity index (χ0n) is 11.6. The monoisotopic (exact) mass is 330 g/mol. The minimum Gasteiger partial charge on any atom is -0.271 e. The third-order valence-corrected chi connectivity index (χ3v) is 4.90. The van der Waals surface area contributed by atoms with Gasteiger partial charge in [-0.2, -0.15) is 0 Å². The van der Waals surface area contributed by atoms with Gasteiger partial charge in [-0.05, 0) is 54.0 Å². The highest BCUT2D eigenvalue weighted by molar-refractivity contribution is 9.10. The molecule has 0 fully saturated rings. The summed E-state index contributed by atoms with van der Waals surface area (Å²) in [4.78, 5) is 0. The maximum atomic E-state index is 5.79. The Morgan fingerprint density at radius 3 is 2.80 bits per heavy atom. The molecular weight excluding hydrogens is 312 g/mol. The summed E-state index contributed by atoms with van der Waals surface area (Å²) >= 11 is 3.65. The van der Waals surface area contributed by atoms with E-state index < -0.39 is 0 Å². The maximum Gasteiger partial charge on any atom is 0.0477 e. The molecule has 3 rings (SSSR count).